The Balaban J connectivity index is 2.17. The third kappa shape index (κ3) is 3.23. The second-order valence-electron chi connectivity index (χ2n) is 4.55. The van der Waals surface area contributed by atoms with Gasteiger partial charge in [0.25, 0.3) is 5.91 Å². The highest BCUT2D eigenvalue weighted by atomic mass is 35.5. The van der Waals surface area contributed by atoms with Gasteiger partial charge in [0, 0.05) is 36.9 Å². The lowest BCUT2D eigenvalue weighted by atomic mass is 10.2. The number of anilines is 1. The minimum Gasteiger partial charge on any atom is -0.396 e. The lowest BCUT2D eigenvalue weighted by molar-refractivity contribution is 0.0779. The number of nitrogens with two attached hydrogens (primary N) is 1. The lowest BCUT2D eigenvalue weighted by Crippen LogP contribution is -2.27. The summed E-state index contributed by atoms with van der Waals surface area (Å²) in [4.78, 5) is 13.8. The molecule has 20 heavy (non-hydrogen) atoms. The fourth-order valence-corrected chi connectivity index (χ4v) is 2.47. The van der Waals surface area contributed by atoms with E-state index in [1.807, 2.05) is 0 Å². The van der Waals surface area contributed by atoms with Crippen LogP contribution in [0.4, 0.5) is 5.69 Å². The molecule has 0 aliphatic rings. The summed E-state index contributed by atoms with van der Waals surface area (Å²) < 4.78 is 1.51. The van der Waals surface area contributed by atoms with E-state index in [-0.39, 0.29) is 11.6 Å². The molecule has 0 bridgehead atoms. The molecule has 5 nitrogen and oxygen atoms in total. The molecular weight excluding hydrogens is 299 g/mol. The topological polar surface area (TPSA) is 64.2 Å². The van der Waals surface area contributed by atoms with Gasteiger partial charge in [-0.2, -0.15) is 5.10 Å². The molecule has 106 valence electrons. The molecule has 0 spiro atoms. The first-order chi connectivity index (χ1) is 9.36. The number of carbonyl (C=O) groups is 1. The van der Waals surface area contributed by atoms with Gasteiger partial charge in [0.15, 0.2) is 5.69 Å². The van der Waals surface area contributed by atoms with Crippen LogP contribution in [-0.4, -0.2) is 27.6 Å². The molecule has 2 N–H and O–H groups in total. The number of rotatable bonds is 3. The molecule has 0 aliphatic heterocycles. The normalized spacial score (nSPS) is 10.6. The molecular formula is C13H14Cl2N4O. The Bertz CT molecular complexity index is 634. The maximum absolute atomic E-state index is 12.3. The third-order valence-corrected chi connectivity index (χ3v) is 3.18. The zero-order valence-corrected chi connectivity index (χ0v) is 12.6. The van der Waals surface area contributed by atoms with Crippen molar-refractivity contribution in [2.45, 2.75) is 6.54 Å². The molecule has 0 unspecified atom stereocenters. The number of nitrogens with zero attached hydrogens (tertiary/aromatic N) is 3. The maximum atomic E-state index is 12.3. The largest absolute Gasteiger partial charge is 0.396 e. The number of hydrogen-bond donors (Lipinski definition) is 1. The fourth-order valence-electron chi connectivity index (χ4n) is 1.90. The summed E-state index contributed by atoms with van der Waals surface area (Å²) >= 11 is 11.9. The molecule has 1 aromatic heterocycles. The van der Waals surface area contributed by atoms with Crippen molar-refractivity contribution in [2.75, 3.05) is 12.8 Å². The first kappa shape index (κ1) is 14.7. The predicted octanol–water partition coefficient (Wildman–Crippen LogP) is 2.58. The molecule has 0 fully saturated rings. The van der Waals surface area contributed by atoms with Gasteiger partial charge >= 0.3 is 0 Å². The minimum atomic E-state index is -0.251. The molecule has 2 aromatic rings. The van der Waals surface area contributed by atoms with Gasteiger partial charge < -0.3 is 10.6 Å². The number of nitrogen functional groups attached to an aromatic ring is 1. The highest BCUT2D eigenvalue weighted by Gasteiger charge is 2.18. The lowest BCUT2D eigenvalue weighted by Gasteiger charge is -2.16. The fraction of sp³-hybridized carbons (Fsp3) is 0.231. The van der Waals surface area contributed by atoms with E-state index in [2.05, 4.69) is 5.10 Å². The maximum Gasteiger partial charge on any atom is 0.276 e. The van der Waals surface area contributed by atoms with Gasteiger partial charge in [0.2, 0.25) is 0 Å². The van der Waals surface area contributed by atoms with Gasteiger partial charge in [-0.25, -0.2) is 0 Å². The molecule has 2 rings (SSSR count). The van der Waals surface area contributed by atoms with Crippen LogP contribution in [-0.2, 0) is 13.6 Å². The summed E-state index contributed by atoms with van der Waals surface area (Å²) in [6.45, 7) is 0.370. The molecule has 1 aromatic carbocycles. The second kappa shape index (κ2) is 5.73. The third-order valence-electron chi connectivity index (χ3n) is 2.75. The van der Waals surface area contributed by atoms with E-state index in [9.17, 15) is 4.79 Å². The van der Waals surface area contributed by atoms with Gasteiger partial charge in [0.1, 0.15) is 0 Å². The molecule has 7 heteroatoms. The van der Waals surface area contributed by atoms with Crippen LogP contribution >= 0.6 is 23.2 Å². The van der Waals surface area contributed by atoms with Crippen LogP contribution in [0.3, 0.4) is 0 Å². The number of hydrogen-bond acceptors (Lipinski definition) is 3. The van der Waals surface area contributed by atoms with Crippen molar-refractivity contribution in [3.63, 3.8) is 0 Å². The zero-order valence-electron chi connectivity index (χ0n) is 11.1. The van der Waals surface area contributed by atoms with Gasteiger partial charge in [-0.15, -0.1) is 0 Å². The molecule has 0 saturated carbocycles. The monoisotopic (exact) mass is 312 g/mol. The minimum absolute atomic E-state index is 0.239. The van der Waals surface area contributed by atoms with Gasteiger partial charge in [-0.1, -0.05) is 23.2 Å². The molecule has 0 saturated heterocycles. The van der Waals surface area contributed by atoms with E-state index < -0.39 is 0 Å². The van der Waals surface area contributed by atoms with Crippen molar-refractivity contribution in [3.05, 3.63) is 45.7 Å². The Morgan fingerprint density at radius 1 is 1.35 bits per heavy atom. The zero-order chi connectivity index (χ0) is 14.9. The molecule has 0 atom stereocenters. The van der Waals surface area contributed by atoms with Crippen molar-refractivity contribution >= 4 is 34.8 Å². The molecule has 0 radical (unpaired) electrons. The van der Waals surface area contributed by atoms with Crippen molar-refractivity contribution in [3.8, 4) is 0 Å². The Labute approximate surface area is 126 Å². The highest BCUT2D eigenvalue weighted by Crippen LogP contribution is 2.20. The van der Waals surface area contributed by atoms with E-state index in [1.165, 1.54) is 9.58 Å². The predicted molar refractivity (Wildman–Crippen MR) is 79.9 cm³/mol. The summed E-state index contributed by atoms with van der Waals surface area (Å²) in [5.74, 6) is -0.251. The van der Waals surface area contributed by atoms with E-state index in [4.69, 9.17) is 28.9 Å². The summed E-state index contributed by atoms with van der Waals surface area (Å²) in [6.07, 6.45) is 1.59. The van der Waals surface area contributed by atoms with Crippen LogP contribution in [0.1, 0.15) is 16.1 Å². The number of amides is 1. The van der Waals surface area contributed by atoms with Gasteiger partial charge in [-0.3, -0.25) is 9.48 Å². The van der Waals surface area contributed by atoms with Crippen LogP contribution < -0.4 is 5.73 Å². The van der Waals surface area contributed by atoms with Crippen LogP contribution in [0, 0.1) is 0 Å². The van der Waals surface area contributed by atoms with Crippen LogP contribution in [0.15, 0.2) is 24.4 Å². The Morgan fingerprint density at radius 3 is 2.45 bits per heavy atom. The van der Waals surface area contributed by atoms with Crippen LogP contribution in [0.2, 0.25) is 10.0 Å². The van der Waals surface area contributed by atoms with Crippen molar-refractivity contribution in [1.29, 1.82) is 0 Å². The first-order valence-electron chi connectivity index (χ1n) is 5.86. The van der Waals surface area contributed by atoms with Crippen molar-refractivity contribution < 1.29 is 4.79 Å². The SMILES string of the molecule is CN(Cc1cc(Cl)cc(Cl)c1)C(=O)c1nn(C)cc1N. The molecule has 1 amide bonds. The Kier molecular flexibility index (Phi) is 4.20. The highest BCUT2D eigenvalue weighted by molar-refractivity contribution is 6.34. The van der Waals surface area contributed by atoms with E-state index in [0.717, 1.165) is 5.56 Å². The summed E-state index contributed by atoms with van der Waals surface area (Å²) in [5, 5.41) is 5.12. The Morgan fingerprint density at radius 2 is 1.95 bits per heavy atom. The summed E-state index contributed by atoms with van der Waals surface area (Å²) in [6, 6.07) is 5.17. The average molecular weight is 313 g/mol. The first-order valence-corrected chi connectivity index (χ1v) is 6.62. The smallest absolute Gasteiger partial charge is 0.276 e. The van der Waals surface area contributed by atoms with Gasteiger partial charge in [-0.05, 0) is 23.8 Å². The average Bonchev–Trinajstić information content (AvgIpc) is 2.66. The van der Waals surface area contributed by atoms with Gasteiger partial charge in [0.05, 0.1) is 5.69 Å². The Hall–Kier alpha value is -1.72. The number of halogens is 2. The van der Waals surface area contributed by atoms with Crippen molar-refractivity contribution in [2.24, 2.45) is 7.05 Å². The van der Waals surface area contributed by atoms with Crippen molar-refractivity contribution in [1.82, 2.24) is 14.7 Å². The number of benzene rings is 1. The molecule has 0 aliphatic carbocycles. The number of aryl methyl sites for hydroxylation is 1. The summed E-state index contributed by atoms with van der Waals surface area (Å²) in [7, 11) is 3.38. The van der Waals surface area contributed by atoms with Crippen LogP contribution in [0.25, 0.3) is 0 Å². The number of carbonyl (C=O) groups excluding carboxylic acids is 1. The van der Waals surface area contributed by atoms with Crippen LogP contribution in [0.5, 0.6) is 0 Å². The van der Waals surface area contributed by atoms with E-state index in [0.29, 0.717) is 22.3 Å². The standard InChI is InChI=1S/C13H14Cl2N4O/c1-18(6-8-3-9(14)5-10(15)4-8)13(20)12-11(16)7-19(2)17-12/h3-5,7H,6,16H2,1-2H3. The van der Waals surface area contributed by atoms with E-state index in [1.54, 1.807) is 38.5 Å². The number of aromatic nitrogens is 2. The quantitative estimate of drug-likeness (QED) is 0.947. The van der Waals surface area contributed by atoms with E-state index >= 15 is 0 Å². The summed E-state index contributed by atoms with van der Waals surface area (Å²) in [5.41, 5.74) is 7.18. The molecule has 1 heterocycles. The second-order valence-corrected chi connectivity index (χ2v) is 5.42.